The highest BCUT2D eigenvalue weighted by Crippen LogP contribution is 2.33. The van der Waals surface area contributed by atoms with E-state index in [0.717, 1.165) is 47.1 Å². The van der Waals surface area contributed by atoms with Crippen LogP contribution in [0.2, 0.25) is 0 Å². The number of ether oxygens (including phenoxy) is 1. The number of hydrogen-bond acceptors (Lipinski definition) is 12. The molecule has 0 unspecified atom stereocenters. The third-order valence-corrected chi connectivity index (χ3v) is 9.64. The van der Waals surface area contributed by atoms with E-state index in [0.29, 0.717) is 46.6 Å². The molecule has 2 aromatic carbocycles. The predicted octanol–water partition coefficient (Wildman–Crippen LogP) is 5.47. The number of carboxylic acids is 1. The van der Waals surface area contributed by atoms with Crippen molar-refractivity contribution >= 4 is 60.8 Å². The number of carboxylic acid groups (broad SMARTS) is 1. The standard InChI is InChI=1S/C33H33FN8O3S2/c1-21-19-28(39-40-30(21)38-32-36-24-8-3-4-9-26(24)46-32)41(2)33-37-29(31(43)44)27(47-33)10-6-18-45-25-12-11-22(20-23(25)34)7-5-15-42-16-13-35-14-17-42/h3-4,8-9,11-12,19-20,35H,6,10,13-18H2,1-2H3,(H,43,44)(H,36,38,40). The summed E-state index contributed by atoms with van der Waals surface area (Å²) < 4.78 is 21.4. The van der Waals surface area contributed by atoms with Crippen molar-refractivity contribution < 1.29 is 19.0 Å². The first-order valence-electron chi connectivity index (χ1n) is 15.1. The lowest BCUT2D eigenvalue weighted by Crippen LogP contribution is -2.43. The van der Waals surface area contributed by atoms with Crippen LogP contribution in [0.25, 0.3) is 10.2 Å². The van der Waals surface area contributed by atoms with Gasteiger partial charge < -0.3 is 25.4 Å². The van der Waals surface area contributed by atoms with Crippen molar-refractivity contribution in [1.82, 2.24) is 30.4 Å². The fraction of sp³-hybridized carbons (Fsp3) is 0.303. The number of thiazole rings is 2. The average Bonchev–Trinajstić information content (AvgIpc) is 3.69. The molecule has 5 aromatic rings. The van der Waals surface area contributed by atoms with E-state index in [1.807, 2.05) is 37.3 Å². The molecule has 0 bridgehead atoms. The monoisotopic (exact) mass is 672 g/mol. The summed E-state index contributed by atoms with van der Waals surface area (Å²) in [6.45, 7) is 6.59. The van der Waals surface area contributed by atoms with E-state index in [1.165, 1.54) is 28.7 Å². The molecule has 0 radical (unpaired) electrons. The average molecular weight is 673 g/mol. The topological polar surface area (TPSA) is 129 Å². The Hall–Kier alpha value is -4.68. The fourth-order valence-electron chi connectivity index (χ4n) is 4.94. The Kier molecular flexibility index (Phi) is 10.2. The molecule has 0 spiro atoms. The third-order valence-electron chi connectivity index (χ3n) is 7.49. The molecule has 47 heavy (non-hydrogen) atoms. The number of nitrogens with one attached hydrogen (secondary N) is 2. The van der Waals surface area contributed by atoms with Gasteiger partial charge in [0, 0.05) is 43.7 Å². The molecule has 1 aliphatic heterocycles. The zero-order valence-corrected chi connectivity index (χ0v) is 27.6. The Morgan fingerprint density at radius 1 is 1.15 bits per heavy atom. The highest BCUT2D eigenvalue weighted by Gasteiger charge is 2.21. The van der Waals surface area contributed by atoms with Gasteiger partial charge in [0.25, 0.3) is 0 Å². The van der Waals surface area contributed by atoms with E-state index in [9.17, 15) is 14.3 Å². The summed E-state index contributed by atoms with van der Waals surface area (Å²) in [6.07, 6.45) is 0.877. The third kappa shape index (κ3) is 8.01. The number of benzene rings is 2. The Morgan fingerprint density at radius 3 is 2.74 bits per heavy atom. The van der Waals surface area contributed by atoms with Gasteiger partial charge in [-0.1, -0.05) is 35.3 Å². The summed E-state index contributed by atoms with van der Waals surface area (Å²) in [7, 11) is 1.77. The second-order valence-electron chi connectivity index (χ2n) is 10.9. The van der Waals surface area contributed by atoms with Gasteiger partial charge in [-0.05, 0) is 61.7 Å². The lowest BCUT2D eigenvalue weighted by Gasteiger charge is -2.24. The maximum Gasteiger partial charge on any atom is 0.355 e. The molecule has 11 nitrogen and oxygen atoms in total. The molecule has 3 aromatic heterocycles. The zero-order valence-electron chi connectivity index (χ0n) is 25.9. The van der Waals surface area contributed by atoms with E-state index in [-0.39, 0.29) is 18.1 Å². The van der Waals surface area contributed by atoms with E-state index < -0.39 is 11.8 Å². The number of aromatic nitrogens is 4. The smallest absolute Gasteiger partial charge is 0.355 e. The summed E-state index contributed by atoms with van der Waals surface area (Å²) >= 11 is 2.80. The molecule has 3 N–H and O–H groups in total. The summed E-state index contributed by atoms with van der Waals surface area (Å²) in [5.74, 6) is 5.77. The predicted molar refractivity (Wildman–Crippen MR) is 183 cm³/mol. The van der Waals surface area contributed by atoms with Crippen LogP contribution in [0.4, 0.5) is 26.3 Å². The molecule has 242 valence electrons. The van der Waals surface area contributed by atoms with Crippen LogP contribution in [-0.2, 0) is 6.42 Å². The number of para-hydroxylation sites is 1. The maximum absolute atomic E-state index is 14.7. The minimum absolute atomic E-state index is 0.0226. The Morgan fingerprint density at radius 2 is 1.98 bits per heavy atom. The van der Waals surface area contributed by atoms with Crippen molar-refractivity contribution in [2.75, 3.05) is 56.6 Å². The van der Waals surface area contributed by atoms with Gasteiger partial charge in [0.15, 0.2) is 39.2 Å². The minimum atomic E-state index is -1.12. The van der Waals surface area contributed by atoms with Crippen molar-refractivity contribution in [3.63, 3.8) is 0 Å². The van der Waals surface area contributed by atoms with Gasteiger partial charge >= 0.3 is 5.97 Å². The Balaban J connectivity index is 1.04. The number of hydrogen-bond donors (Lipinski definition) is 3. The van der Waals surface area contributed by atoms with Gasteiger partial charge in [-0.3, -0.25) is 4.90 Å². The molecule has 14 heteroatoms. The molecule has 4 heterocycles. The first-order valence-corrected chi connectivity index (χ1v) is 16.8. The summed E-state index contributed by atoms with van der Waals surface area (Å²) in [4.78, 5) is 25.5. The molecular weight excluding hydrogens is 640 g/mol. The molecule has 0 saturated carbocycles. The Bertz CT molecular complexity index is 1910. The van der Waals surface area contributed by atoms with Crippen LogP contribution in [0.1, 0.15) is 32.9 Å². The van der Waals surface area contributed by atoms with Crippen LogP contribution >= 0.6 is 22.7 Å². The fourth-order valence-corrected chi connectivity index (χ4v) is 6.86. The molecular formula is C33H33FN8O3S2. The molecule has 6 rings (SSSR count). The van der Waals surface area contributed by atoms with Gasteiger partial charge in [0.1, 0.15) is 0 Å². The zero-order chi connectivity index (χ0) is 32.8. The number of aryl methyl sites for hydroxylation is 2. The first-order chi connectivity index (χ1) is 22.8. The first kappa shape index (κ1) is 32.3. The van der Waals surface area contributed by atoms with E-state index in [4.69, 9.17) is 4.74 Å². The number of fused-ring (bicyclic) bond motifs is 1. The molecule has 0 amide bonds. The minimum Gasteiger partial charge on any atom is -0.491 e. The van der Waals surface area contributed by atoms with Crippen LogP contribution in [0.3, 0.4) is 0 Å². The van der Waals surface area contributed by atoms with Gasteiger partial charge in [0.2, 0.25) is 0 Å². The second-order valence-corrected chi connectivity index (χ2v) is 13.0. The highest BCUT2D eigenvalue weighted by molar-refractivity contribution is 7.22. The lowest BCUT2D eigenvalue weighted by atomic mass is 10.2. The largest absolute Gasteiger partial charge is 0.491 e. The summed E-state index contributed by atoms with van der Waals surface area (Å²) in [6, 6.07) is 14.4. The van der Waals surface area contributed by atoms with Gasteiger partial charge in [-0.15, -0.1) is 21.5 Å². The molecule has 1 aliphatic rings. The van der Waals surface area contributed by atoms with Crippen molar-refractivity contribution in [3.8, 4) is 17.6 Å². The van der Waals surface area contributed by atoms with Crippen LogP contribution in [0, 0.1) is 24.6 Å². The SMILES string of the molecule is Cc1cc(N(C)c2nc(C(=O)O)c(CCCOc3ccc(C#CCN4CCNCC4)cc3F)s2)nnc1Nc1nc2ccccc2s1. The number of nitrogens with zero attached hydrogens (tertiary/aromatic N) is 6. The second kappa shape index (κ2) is 14.8. The van der Waals surface area contributed by atoms with E-state index >= 15 is 0 Å². The molecule has 1 fully saturated rings. The molecule has 1 saturated heterocycles. The van der Waals surface area contributed by atoms with Gasteiger partial charge in [0.05, 0.1) is 23.4 Å². The number of rotatable bonds is 11. The van der Waals surface area contributed by atoms with E-state index in [2.05, 4.69) is 47.5 Å². The summed E-state index contributed by atoms with van der Waals surface area (Å²) in [5.41, 5.74) is 2.32. The maximum atomic E-state index is 14.7. The van der Waals surface area contributed by atoms with Crippen molar-refractivity contribution in [3.05, 3.63) is 76.0 Å². The number of piperazine rings is 1. The van der Waals surface area contributed by atoms with E-state index in [1.54, 1.807) is 24.1 Å². The van der Waals surface area contributed by atoms with Gasteiger partial charge in [-0.25, -0.2) is 19.2 Å². The Labute approximate surface area is 279 Å². The van der Waals surface area contributed by atoms with Crippen LogP contribution < -0.4 is 20.3 Å². The lowest BCUT2D eigenvalue weighted by molar-refractivity contribution is 0.0690. The van der Waals surface area contributed by atoms with Crippen LogP contribution in [-0.4, -0.2) is 82.5 Å². The normalized spacial score (nSPS) is 13.3. The number of halogens is 1. The van der Waals surface area contributed by atoms with Crippen molar-refractivity contribution in [2.45, 2.75) is 19.8 Å². The van der Waals surface area contributed by atoms with Crippen molar-refractivity contribution in [2.24, 2.45) is 0 Å². The van der Waals surface area contributed by atoms with Crippen molar-refractivity contribution in [1.29, 1.82) is 0 Å². The van der Waals surface area contributed by atoms with Crippen LogP contribution in [0.5, 0.6) is 5.75 Å². The van der Waals surface area contributed by atoms with Gasteiger partial charge in [-0.2, -0.15) is 0 Å². The van der Waals surface area contributed by atoms with Crippen LogP contribution in [0.15, 0.2) is 48.5 Å². The number of anilines is 4. The quantitative estimate of drug-likeness (QED) is 0.122. The number of carbonyl (C=O) groups is 1. The number of aromatic carboxylic acids is 1. The molecule has 0 aliphatic carbocycles. The molecule has 0 atom stereocenters. The summed E-state index contributed by atoms with van der Waals surface area (Å²) in [5, 5.41) is 26.3. The highest BCUT2D eigenvalue weighted by atomic mass is 32.1.